The second-order valence-corrected chi connectivity index (χ2v) is 4.15. The third-order valence-electron chi connectivity index (χ3n) is 2.42. The Bertz CT molecular complexity index is 495. The molecule has 110 valence electrons. The van der Waals surface area contributed by atoms with E-state index in [2.05, 4.69) is 15.4 Å². The lowest BCUT2D eigenvalue weighted by Crippen LogP contribution is -2.39. The summed E-state index contributed by atoms with van der Waals surface area (Å²) >= 11 is 5.85. The van der Waals surface area contributed by atoms with Crippen LogP contribution in [0.1, 0.15) is 0 Å². The molecule has 0 aliphatic carbocycles. The fourth-order valence-electron chi connectivity index (χ4n) is 1.37. The summed E-state index contributed by atoms with van der Waals surface area (Å²) < 4.78 is 9.70. The quantitative estimate of drug-likeness (QED) is 0.741. The van der Waals surface area contributed by atoms with Crippen LogP contribution in [0.15, 0.2) is 18.2 Å². The van der Waals surface area contributed by atoms with Crippen molar-refractivity contribution in [3.63, 3.8) is 0 Å². The van der Waals surface area contributed by atoms with Gasteiger partial charge in [0.2, 0.25) is 0 Å². The van der Waals surface area contributed by atoms with Gasteiger partial charge in [0.25, 0.3) is 0 Å². The van der Waals surface area contributed by atoms with Gasteiger partial charge < -0.3 is 25.2 Å². The number of nitrogens with one attached hydrogen (secondary N) is 2. The Kier molecular flexibility index (Phi) is 6.08. The van der Waals surface area contributed by atoms with Crippen LogP contribution in [-0.2, 0) is 9.53 Å². The lowest BCUT2D eigenvalue weighted by atomic mass is 10.3. The van der Waals surface area contributed by atoms with E-state index < -0.39 is 18.1 Å². The van der Waals surface area contributed by atoms with Crippen LogP contribution in [0.25, 0.3) is 0 Å². The van der Waals surface area contributed by atoms with Crippen molar-refractivity contribution in [3.8, 4) is 5.75 Å². The summed E-state index contributed by atoms with van der Waals surface area (Å²) in [5.74, 6) is -0.731. The van der Waals surface area contributed by atoms with Crippen LogP contribution in [0.2, 0.25) is 5.02 Å². The SMILES string of the molecule is COc1cc(NC(=O)NCC(OC)C(=O)O)ccc1Cl. The molecule has 20 heavy (non-hydrogen) atoms. The number of methoxy groups -OCH3 is 2. The highest BCUT2D eigenvalue weighted by molar-refractivity contribution is 6.32. The Morgan fingerprint density at radius 3 is 2.65 bits per heavy atom. The molecular weight excluding hydrogens is 288 g/mol. The van der Waals surface area contributed by atoms with Crippen LogP contribution >= 0.6 is 11.6 Å². The normalized spacial score (nSPS) is 11.6. The predicted molar refractivity (Wildman–Crippen MR) is 73.5 cm³/mol. The van der Waals surface area contributed by atoms with Gasteiger partial charge in [-0.15, -0.1) is 0 Å². The van der Waals surface area contributed by atoms with Crippen LogP contribution < -0.4 is 15.4 Å². The van der Waals surface area contributed by atoms with E-state index in [1.165, 1.54) is 14.2 Å². The second-order valence-electron chi connectivity index (χ2n) is 3.75. The molecule has 1 atom stereocenters. The largest absolute Gasteiger partial charge is 0.495 e. The molecule has 0 saturated heterocycles. The van der Waals surface area contributed by atoms with Gasteiger partial charge in [0, 0.05) is 18.9 Å². The number of halogens is 1. The van der Waals surface area contributed by atoms with E-state index in [0.717, 1.165) is 0 Å². The summed E-state index contributed by atoms with van der Waals surface area (Å²) in [4.78, 5) is 22.3. The molecule has 7 nitrogen and oxygen atoms in total. The summed E-state index contributed by atoms with van der Waals surface area (Å²) in [7, 11) is 2.71. The number of carbonyl (C=O) groups excluding carboxylic acids is 1. The highest BCUT2D eigenvalue weighted by Crippen LogP contribution is 2.27. The molecule has 0 spiro atoms. The number of amides is 2. The monoisotopic (exact) mass is 302 g/mol. The number of hydrogen-bond acceptors (Lipinski definition) is 4. The summed E-state index contributed by atoms with van der Waals surface area (Å²) in [6.45, 7) is -0.150. The van der Waals surface area contributed by atoms with Gasteiger partial charge in [0.15, 0.2) is 6.10 Å². The van der Waals surface area contributed by atoms with Gasteiger partial charge in [-0.1, -0.05) is 11.6 Å². The first-order valence-electron chi connectivity index (χ1n) is 5.62. The van der Waals surface area contributed by atoms with Gasteiger partial charge in [-0.2, -0.15) is 0 Å². The van der Waals surface area contributed by atoms with E-state index in [4.69, 9.17) is 21.4 Å². The highest BCUT2D eigenvalue weighted by atomic mass is 35.5. The van der Waals surface area contributed by atoms with Gasteiger partial charge in [0.1, 0.15) is 5.75 Å². The molecule has 0 aliphatic heterocycles. The number of benzene rings is 1. The van der Waals surface area contributed by atoms with Crippen LogP contribution in [0.3, 0.4) is 0 Å². The number of urea groups is 1. The zero-order valence-corrected chi connectivity index (χ0v) is 11.7. The molecule has 0 heterocycles. The summed E-state index contributed by atoms with van der Waals surface area (Å²) in [5.41, 5.74) is 0.466. The van der Waals surface area contributed by atoms with Gasteiger partial charge in [-0.25, -0.2) is 9.59 Å². The van der Waals surface area contributed by atoms with Gasteiger partial charge in [0.05, 0.1) is 18.7 Å². The Morgan fingerprint density at radius 1 is 1.40 bits per heavy atom. The van der Waals surface area contributed by atoms with Crippen molar-refractivity contribution < 1.29 is 24.2 Å². The third kappa shape index (κ3) is 4.60. The lowest BCUT2D eigenvalue weighted by Gasteiger charge is -2.13. The van der Waals surface area contributed by atoms with Crippen LogP contribution in [-0.4, -0.2) is 44.0 Å². The first-order valence-corrected chi connectivity index (χ1v) is 5.99. The Balaban J connectivity index is 2.56. The van der Waals surface area contributed by atoms with Crippen molar-refractivity contribution in [2.45, 2.75) is 6.10 Å². The first-order chi connectivity index (χ1) is 9.47. The molecule has 0 radical (unpaired) electrons. The zero-order valence-electron chi connectivity index (χ0n) is 11.0. The number of carboxylic acid groups (broad SMARTS) is 1. The molecule has 8 heteroatoms. The highest BCUT2D eigenvalue weighted by Gasteiger charge is 2.17. The number of carboxylic acids is 1. The van der Waals surface area contributed by atoms with Crippen molar-refractivity contribution in [3.05, 3.63) is 23.2 Å². The fraction of sp³-hybridized carbons (Fsp3) is 0.333. The van der Waals surface area contributed by atoms with E-state index in [1.54, 1.807) is 18.2 Å². The lowest BCUT2D eigenvalue weighted by molar-refractivity contribution is -0.147. The number of anilines is 1. The maximum absolute atomic E-state index is 11.6. The maximum Gasteiger partial charge on any atom is 0.334 e. The molecular formula is C12H15ClN2O5. The smallest absolute Gasteiger partial charge is 0.334 e. The molecule has 3 N–H and O–H groups in total. The van der Waals surface area contributed by atoms with E-state index in [-0.39, 0.29) is 6.54 Å². The predicted octanol–water partition coefficient (Wildman–Crippen LogP) is 1.57. The minimum absolute atomic E-state index is 0.150. The molecule has 1 rings (SSSR count). The molecule has 1 aromatic rings. The summed E-state index contributed by atoms with van der Waals surface area (Å²) in [6, 6.07) is 4.16. The van der Waals surface area contributed by atoms with Crippen molar-refractivity contribution in [2.24, 2.45) is 0 Å². The number of carbonyl (C=O) groups is 2. The molecule has 0 bridgehead atoms. The van der Waals surface area contributed by atoms with Crippen LogP contribution in [0.5, 0.6) is 5.75 Å². The van der Waals surface area contributed by atoms with Crippen LogP contribution in [0, 0.1) is 0 Å². The number of rotatable bonds is 6. The minimum atomic E-state index is -1.15. The average molecular weight is 303 g/mol. The summed E-state index contributed by atoms with van der Waals surface area (Å²) in [5, 5.41) is 14.1. The van der Waals surface area contributed by atoms with Crippen LogP contribution in [0.4, 0.5) is 10.5 Å². The molecule has 0 saturated carbocycles. The number of hydrogen-bond donors (Lipinski definition) is 3. The Labute approximate surface area is 120 Å². The number of aliphatic carboxylic acids is 1. The van der Waals surface area contributed by atoms with E-state index in [0.29, 0.717) is 16.5 Å². The molecule has 0 aliphatic rings. The van der Waals surface area contributed by atoms with Crippen molar-refractivity contribution >= 4 is 29.3 Å². The topological polar surface area (TPSA) is 96.9 Å². The van der Waals surface area contributed by atoms with Crippen molar-refractivity contribution in [1.29, 1.82) is 0 Å². The second kappa shape index (κ2) is 7.56. The standard InChI is InChI=1S/C12H15ClN2O5/c1-19-9-5-7(3-4-8(9)13)15-12(18)14-6-10(20-2)11(16)17/h3-5,10H,6H2,1-2H3,(H,16,17)(H2,14,15,18). The Morgan fingerprint density at radius 2 is 2.10 bits per heavy atom. The first kappa shape index (κ1) is 16.1. The third-order valence-corrected chi connectivity index (χ3v) is 2.73. The fourth-order valence-corrected chi connectivity index (χ4v) is 1.56. The molecule has 1 aromatic carbocycles. The van der Waals surface area contributed by atoms with E-state index >= 15 is 0 Å². The minimum Gasteiger partial charge on any atom is -0.495 e. The maximum atomic E-state index is 11.6. The molecule has 2 amide bonds. The van der Waals surface area contributed by atoms with Gasteiger partial charge in [-0.05, 0) is 12.1 Å². The Hall–Kier alpha value is -1.99. The zero-order chi connectivity index (χ0) is 15.1. The van der Waals surface area contributed by atoms with E-state index in [9.17, 15) is 9.59 Å². The number of ether oxygens (including phenoxy) is 2. The van der Waals surface area contributed by atoms with Crippen molar-refractivity contribution in [2.75, 3.05) is 26.1 Å². The molecule has 1 unspecified atom stereocenters. The molecule has 0 fully saturated rings. The van der Waals surface area contributed by atoms with Gasteiger partial charge in [-0.3, -0.25) is 0 Å². The average Bonchev–Trinajstić information content (AvgIpc) is 2.41. The van der Waals surface area contributed by atoms with Crippen molar-refractivity contribution in [1.82, 2.24) is 5.32 Å². The molecule has 0 aromatic heterocycles. The van der Waals surface area contributed by atoms with Gasteiger partial charge >= 0.3 is 12.0 Å². The van der Waals surface area contributed by atoms with E-state index in [1.807, 2.05) is 0 Å². The summed E-state index contributed by atoms with van der Waals surface area (Å²) in [6.07, 6.45) is -1.10.